The third-order valence-corrected chi connectivity index (χ3v) is 3.52. The SMILES string of the molecule is O=C(c1ccccc1)c1ccccc1P(=O)(O)O. The van der Waals surface area contributed by atoms with Crippen LogP contribution in [0.1, 0.15) is 15.9 Å². The van der Waals surface area contributed by atoms with Crippen molar-refractivity contribution in [2.45, 2.75) is 0 Å². The molecule has 0 saturated heterocycles. The maximum Gasteiger partial charge on any atom is 0.356 e. The van der Waals surface area contributed by atoms with Crippen LogP contribution in [0, 0.1) is 0 Å². The van der Waals surface area contributed by atoms with Gasteiger partial charge >= 0.3 is 7.60 Å². The van der Waals surface area contributed by atoms with Crippen molar-refractivity contribution in [1.29, 1.82) is 0 Å². The third kappa shape index (κ3) is 2.57. The third-order valence-electron chi connectivity index (χ3n) is 2.50. The predicted molar refractivity (Wildman–Crippen MR) is 68.0 cm³/mol. The molecule has 0 aliphatic carbocycles. The summed E-state index contributed by atoms with van der Waals surface area (Å²) in [4.78, 5) is 30.6. The van der Waals surface area contributed by atoms with Crippen molar-refractivity contribution < 1.29 is 19.1 Å². The maximum absolute atomic E-state index is 12.2. The van der Waals surface area contributed by atoms with E-state index in [9.17, 15) is 19.1 Å². The fourth-order valence-corrected chi connectivity index (χ4v) is 2.43. The second kappa shape index (κ2) is 4.86. The minimum absolute atomic E-state index is 0.0389. The molecule has 0 fully saturated rings. The van der Waals surface area contributed by atoms with Crippen LogP contribution < -0.4 is 5.30 Å². The van der Waals surface area contributed by atoms with Crippen LogP contribution in [0.3, 0.4) is 0 Å². The van der Waals surface area contributed by atoms with Crippen molar-refractivity contribution in [1.82, 2.24) is 0 Å². The lowest BCUT2D eigenvalue weighted by Crippen LogP contribution is -2.16. The Hall–Kier alpha value is -1.74. The molecule has 0 aliphatic heterocycles. The monoisotopic (exact) mass is 262 g/mol. The summed E-state index contributed by atoms with van der Waals surface area (Å²) in [5, 5.41) is -0.237. The van der Waals surface area contributed by atoms with E-state index in [0.717, 1.165) is 0 Å². The van der Waals surface area contributed by atoms with Gasteiger partial charge in [0.1, 0.15) is 0 Å². The molecule has 0 atom stereocenters. The molecule has 4 nitrogen and oxygen atoms in total. The first-order valence-corrected chi connectivity index (χ1v) is 6.86. The van der Waals surface area contributed by atoms with E-state index in [0.29, 0.717) is 5.56 Å². The number of benzene rings is 2. The zero-order valence-electron chi connectivity index (χ0n) is 9.35. The summed E-state index contributed by atoms with van der Waals surface area (Å²) < 4.78 is 11.3. The maximum atomic E-state index is 12.2. The van der Waals surface area contributed by atoms with Crippen LogP contribution in [0.25, 0.3) is 0 Å². The van der Waals surface area contributed by atoms with Gasteiger partial charge in [0, 0.05) is 11.1 Å². The van der Waals surface area contributed by atoms with Gasteiger partial charge in [-0.15, -0.1) is 0 Å². The van der Waals surface area contributed by atoms with Gasteiger partial charge < -0.3 is 9.79 Å². The van der Waals surface area contributed by atoms with E-state index in [1.165, 1.54) is 18.2 Å². The molecule has 0 unspecified atom stereocenters. The molecule has 0 aliphatic rings. The number of hydrogen-bond donors (Lipinski definition) is 2. The molecule has 2 aromatic carbocycles. The van der Waals surface area contributed by atoms with Crippen LogP contribution >= 0.6 is 7.60 Å². The van der Waals surface area contributed by atoms with Gasteiger partial charge in [-0.25, -0.2) is 0 Å². The Morgan fingerprint density at radius 2 is 1.44 bits per heavy atom. The Morgan fingerprint density at radius 1 is 0.889 bits per heavy atom. The van der Waals surface area contributed by atoms with Crippen LogP contribution in [-0.2, 0) is 4.57 Å². The van der Waals surface area contributed by atoms with Gasteiger partial charge in [-0.3, -0.25) is 9.36 Å². The van der Waals surface area contributed by atoms with Gasteiger partial charge in [0.05, 0.1) is 5.30 Å². The van der Waals surface area contributed by atoms with Crippen LogP contribution in [0.4, 0.5) is 0 Å². The largest absolute Gasteiger partial charge is 0.356 e. The zero-order valence-corrected chi connectivity index (χ0v) is 10.2. The van der Waals surface area contributed by atoms with Crippen molar-refractivity contribution in [3.05, 3.63) is 65.7 Å². The Kier molecular flexibility index (Phi) is 3.43. The minimum Gasteiger partial charge on any atom is -0.321 e. The molecule has 0 heterocycles. The van der Waals surface area contributed by atoms with Crippen molar-refractivity contribution in [3.8, 4) is 0 Å². The highest BCUT2D eigenvalue weighted by molar-refractivity contribution is 7.60. The van der Waals surface area contributed by atoms with E-state index in [1.54, 1.807) is 36.4 Å². The Balaban J connectivity index is 2.53. The summed E-state index contributed by atoms with van der Waals surface area (Å²) in [7, 11) is -4.45. The Labute approximate surface area is 104 Å². The molecular weight excluding hydrogens is 251 g/mol. The van der Waals surface area contributed by atoms with Crippen LogP contribution in [0.5, 0.6) is 0 Å². The van der Waals surface area contributed by atoms with E-state index in [1.807, 2.05) is 0 Å². The van der Waals surface area contributed by atoms with E-state index >= 15 is 0 Å². The number of hydrogen-bond acceptors (Lipinski definition) is 2. The van der Waals surface area contributed by atoms with Gasteiger partial charge in [0.2, 0.25) is 0 Å². The Bertz CT molecular complexity index is 616. The van der Waals surface area contributed by atoms with E-state index in [-0.39, 0.29) is 10.9 Å². The lowest BCUT2D eigenvalue weighted by Gasteiger charge is -2.09. The second-order valence-electron chi connectivity index (χ2n) is 3.76. The van der Waals surface area contributed by atoms with Gasteiger partial charge in [0.25, 0.3) is 0 Å². The topological polar surface area (TPSA) is 74.6 Å². The fourth-order valence-electron chi connectivity index (χ4n) is 1.66. The van der Waals surface area contributed by atoms with Crippen molar-refractivity contribution >= 4 is 18.7 Å². The van der Waals surface area contributed by atoms with Gasteiger partial charge in [0.15, 0.2) is 5.78 Å². The first-order chi connectivity index (χ1) is 8.50. The summed E-state index contributed by atoms with van der Waals surface area (Å²) in [6.45, 7) is 0. The Morgan fingerprint density at radius 3 is 2.06 bits per heavy atom. The molecule has 5 heteroatoms. The van der Waals surface area contributed by atoms with E-state index in [2.05, 4.69) is 0 Å². The molecule has 0 spiro atoms. The number of carbonyl (C=O) groups is 1. The molecular formula is C13H11O4P. The fraction of sp³-hybridized carbons (Fsp3) is 0. The smallest absolute Gasteiger partial charge is 0.321 e. The average Bonchev–Trinajstić information content (AvgIpc) is 2.38. The second-order valence-corrected chi connectivity index (χ2v) is 5.33. The van der Waals surface area contributed by atoms with Crippen molar-refractivity contribution in [2.24, 2.45) is 0 Å². The lowest BCUT2D eigenvalue weighted by molar-refractivity contribution is 0.103. The molecule has 0 bridgehead atoms. The lowest BCUT2D eigenvalue weighted by atomic mass is 10.0. The summed E-state index contributed by atoms with van der Waals surface area (Å²) >= 11 is 0. The zero-order chi connectivity index (χ0) is 13.2. The molecule has 0 radical (unpaired) electrons. The minimum atomic E-state index is -4.45. The number of rotatable bonds is 3. The van der Waals surface area contributed by atoms with Crippen molar-refractivity contribution in [3.63, 3.8) is 0 Å². The van der Waals surface area contributed by atoms with Crippen LogP contribution in [0.15, 0.2) is 54.6 Å². The van der Waals surface area contributed by atoms with Gasteiger partial charge in [-0.05, 0) is 6.07 Å². The molecule has 2 aromatic rings. The first kappa shape index (κ1) is 12.7. The normalized spacial score (nSPS) is 11.2. The standard InChI is InChI=1S/C13H11O4P/c14-13(10-6-2-1-3-7-10)11-8-4-5-9-12(11)18(15,16)17/h1-9H,(H2,15,16,17). The molecule has 0 aromatic heterocycles. The number of ketones is 1. The first-order valence-electron chi connectivity index (χ1n) is 5.25. The predicted octanol–water partition coefficient (Wildman–Crippen LogP) is 1.72. The summed E-state index contributed by atoms with van der Waals surface area (Å²) in [5.41, 5.74) is 0.440. The molecule has 2 N–H and O–H groups in total. The molecule has 0 amide bonds. The van der Waals surface area contributed by atoms with Gasteiger partial charge in [-0.1, -0.05) is 48.5 Å². The van der Waals surface area contributed by atoms with Gasteiger partial charge in [-0.2, -0.15) is 0 Å². The number of carbonyl (C=O) groups excluding carboxylic acids is 1. The highest BCUT2D eigenvalue weighted by atomic mass is 31.2. The molecule has 2 rings (SSSR count). The van der Waals surface area contributed by atoms with Crippen LogP contribution in [-0.4, -0.2) is 15.6 Å². The highest BCUT2D eigenvalue weighted by Crippen LogP contribution is 2.35. The van der Waals surface area contributed by atoms with E-state index < -0.39 is 13.4 Å². The molecule has 92 valence electrons. The van der Waals surface area contributed by atoms with E-state index in [4.69, 9.17) is 0 Å². The highest BCUT2D eigenvalue weighted by Gasteiger charge is 2.24. The molecule has 18 heavy (non-hydrogen) atoms. The molecule has 0 saturated carbocycles. The summed E-state index contributed by atoms with van der Waals surface area (Å²) in [5.74, 6) is -0.394. The summed E-state index contributed by atoms with van der Waals surface area (Å²) in [6.07, 6.45) is 0. The van der Waals surface area contributed by atoms with Crippen molar-refractivity contribution in [2.75, 3.05) is 0 Å². The summed E-state index contributed by atoms with van der Waals surface area (Å²) in [6, 6.07) is 14.2. The van der Waals surface area contributed by atoms with Crippen LogP contribution in [0.2, 0.25) is 0 Å². The quantitative estimate of drug-likeness (QED) is 0.652. The average molecular weight is 262 g/mol.